The predicted octanol–water partition coefficient (Wildman–Crippen LogP) is 5.04. The largest absolute Gasteiger partial charge is 0.465 e. The second-order valence-corrected chi connectivity index (χ2v) is 7.08. The molecular formula is C22H21ClFN3O3. The third kappa shape index (κ3) is 4.93. The molecule has 3 aromatic rings. The maximum Gasteiger partial charge on any atom is 0.341 e. The lowest BCUT2D eigenvalue weighted by atomic mass is 10.0. The number of nitrogens with zero attached hydrogens (tertiary/aromatic N) is 2. The van der Waals surface area contributed by atoms with E-state index < -0.39 is 11.8 Å². The van der Waals surface area contributed by atoms with Crippen molar-refractivity contribution < 1.29 is 18.7 Å². The van der Waals surface area contributed by atoms with Gasteiger partial charge in [0.15, 0.2) is 0 Å². The lowest BCUT2D eigenvalue weighted by Crippen LogP contribution is -2.12. The maximum atomic E-state index is 14.4. The lowest BCUT2D eigenvalue weighted by Gasteiger charge is -2.17. The van der Waals surface area contributed by atoms with Crippen LogP contribution in [-0.4, -0.2) is 36.3 Å². The van der Waals surface area contributed by atoms with Gasteiger partial charge in [0.2, 0.25) is 0 Å². The van der Waals surface area contributed by atoms with Crippen LogP contribution in [-0.2, 0) is 15.9 Å². The van der Waals surface area contributed by atoms with Crippen LogP contribution < -0.4 is 5.32 Å². The summed E-state index contributed by atoms with van der Waals surface area (Å²) in [6.07, 6.45) is 5.13. The minimum Gasteiger partial charge on any atom is -0.465 e. The topological polar surface area (TPSA) is 73.3 Å². The Hall–Kier alpha value is -3.03. The minimum atomic E-state index is -0.521. The standard InChI is InChI=1S/C22H21ClFN3O3/c1-13(29-2)8-14-11-26-21(16-9-15(23)4-5-18(16)24)10-20(14)27-19-6-7-25-12-17(19)22(28)30-3/h4-7,9-13H,8H2,1-3H3,(H,25,26,27). The number of hydrogen-bond donors (Lipinski definition) is 1. The molecule has 1 unspecified atom stereocenters. The van der Waals surface area contributed by atoms with Gasteiger partial charge in [0.05, 0.1) is 24.6 Å². The third-order valence-corrected chi connectivity index (χ3v) is 4.83. The Kier molecular flexibility index (Phi) is 6.97. The Morgan fingerprint density at radius 2 is 2.00 bits per heavy atom. The number of carbonyl (C=O) groups excluding carboxylic acids is 1. The molecule has 0 spiro atoms. The van der Waals surface area contributed by atoms with Crippen LogP contribution in [0.4, 0.5) is 15.8 Å². The quantitative estimate of drug-likeness (QED) is 0.530. The van der Waals surface area contributed by atoms with Gasteiger partial charge in [-0.3, -0.25) is 9.97 Å². The Morgan fingerprint density at radius 3 is 2.73 bits per heavy atom. The van der Waals surface area contributed by atoms with Gasteiger partial charge in [-0.25, -0.2) is 9.18 Å². The molecule has 0 amide bonds. The van der Waals surface area contributed by atoms with Gasteiger partial charge in [-0.2, -0.15) is 0 Å². The SMILES string of the molecule is COC(=O)c1cnccc1Nc1cc(-c2cc(Cl)ccc2F)ncc1CC(C)OC. The number of carbonyl (C=O) groups is 1. The molecule has 2 heterocycles. The smallest absolute Gasteiger partial charge is 0.341 e. The Labute approximate surface area is 179 Å². The maximum absolute atomic E-state index is 14.4. The van der Waals surface area contributed by atoms with E-state index in [2.05, 4.69) is 15.3 Å². The highest BCUT2D eigenvalue weighted by Crippen LogP contribution is 2.31. The van der Waals surface area contributed by atoms with Crippen molar-refractivity contribution in [1.82, 2.24) is 9.97 Å². The van der Waals surface area contributed by atoms with Crippen LogP contribution in [0.5, 0.6) is 0 Å². The Balaban J connectivity index is 2.08. The lowest BCUT2D eigenvalue weighted by molar-refractivity contribution is 0.0601. The number of anilines is 2. The molecule has 0 aliphatic rings. The number of esters is 1. The molecule has 1 aromatic carbocycles. The van der Waals surface area contributed by atoms with Crippen molar-refractivity contribution in [3.8, 4) is 11.3 Å². The molecular weight excluding hydrogens is 409 g/mol. The second-order valence-electron chi connectivity index (χ2n) is 6.64. The summed E-state index contributed by atoms with van der Waals surface area (Å²) in [5, 5.41) is 3.64. The molecule has 1 N–H and O–H groups in total. The first-order chi connectivity index (χ1) is 14.4. The number of aromatic nitrogens is 2. The Morgan fingerprint density at radius 1 is 1.20 bits per heavy atom. The summed E-state index contributed by atoms with van der Waals surface area (Å²) < 4.78 is 24.6. The van der Waals surface area contributed by atoms with Crippen LogP contribution in [0.25, 0.3) is 11.3 Å². The first kappa shape index (κ1) is 21.7. The van der Waals surface area contributed by atoms with E-state index in [1.165, 1.54) is 31.5 Å². The molecule has 156 valence electrons. The van der Waals surface area contributed by atoms with E-state index in [0.717, 1.165) is 5.56 Å². The van der Waals surface area contributed by atoms with E-state index in [-0.39, 0.29) is 17.2 Å². The van der Waals surface area contributed by atoms with Crippen LogP contribution in [0.1, 0.15) is 22.8 Å². The molecule has 8 heteroatoms. The molecule has 6 nitrogen and oxygen atoms in total. The van der Waals surface area contributed by atoms with Crippen molar-refractivity contribution in [3.05, 3.63) is 70.9 Å². The fourth-order valence-electron chi connectivity index (χ4n) is 2.92. The summed E-state index contributed by atoms with van der Waals surface area (Å²) in [6, 6.07) is 7.68. The van der Waals surface area contributed by atoms with Crippen LogP contribution in [0.3, 0.4) is 0 Å². The van der Waals surface area contributed by atoms with E-state index in [1.54, 1.807) is 31.6 Å². The number of ether oxygens (including phenoxy) is 2. The molecule has 2 aromatic heterocycles. The monoisotopic (exact) mass is 429 g/mol. The second kappa shape index (κ2) is 9.65. The van der Waals surface area contributed by atoms with Crippen molar-refractivity contribution in [2.75, 3.05) is 19.5 Å². The predicted molar refractivity (Wildman–Crippen MR) is 114 cm³/mol. The van der Waals surface area contributed by atoms with Gasteiger partial charge >= 0.3 is 5.97 Å². The number of hydrogen-bond acceptors (Lipinski definition) is 6. The van der Waals surface area contributed by atoms with Crippen molar-refractivity contribution in [2.45, 2.75) is 19.4 Å². The third-order valence-electron chi connectivity index (χ3n) is 4.60. The highest BCUT2D eigenvalue weighted by atomic mass is 35.5. The van der Waals surface area contributed by atoms with Crippen molar-refractivity contribution in [1.29, 1.82) is 0 Å². The van der Waals surface area contributed by atoms with E-state index in [1.807, 2.05) is 6.92 Å². The van der Waals surface area contributed by atoms with Gasteiger partial charge in [0, 0.05) is 48.4 Å². The molecule has 0 fully saturated rings. The molecule has 0 radical (unpaired) electrons. The van der Waals surface area contributed by atoms with E-state index in [9.17, 15) is 9.18 Å². The van der Waals surface area contributed by atoms with Gasteiger partial charge in [0.1, 0.15) is 11.4 Å². The zero-order valence-electron chi connectivity index (χ0n) is 16.8. The zero-order chi connectivity index (χ0) is 21.7. The summed E-state index contributed by atoms with van der Waals surface area (Å²) in [7, 11) is 2.93. The average Bonchev–Trinajstić information content (AvgIpc) is 2.76. The summed E-state index contributed by atoms with van der Waals surface area (Å²) >= 11 is 6.04. The first-order valence-electron chi connectivity index (χ1n) is 9.19. The minimum absolute atomic E-state index is 0.0707. The molecule has 0 aliphatic carbocycles. The Bertz CT molecular complexity index is 1060. The zero-order valence-corrected chi connectivity index (χ0v) is 17.5. The van der Waals surface area contributed by atoms with Gasteiger partial charge in [-0.1, -0.05) is 11.6 Å². The molecule has 0 saturated carbocycles. The van der Waals surface area contributed by atoms with Crippen LogP contribution in [0.2, 0.25) is 5.02 Å². The molecule has 3 rings (SSSR count). The van der Waals surface area contributed by atoms with Crippen LogP contribution >= 0.6 is 11.6 Å². The molecule has 30 heavy (non-hydrogen) atoms. The van der Waals surface area contributed by atoms with E-state index in [0.29, 0.717) is 28.5 Å². The number of nitrogens with one attached hydrogen (secondary N) is 1. The van der Waals surface area contributed by atoms with Crippen LogP contribution in [0.15, 0.2) is 48.9 Å². The molecule has 0 bridgehead atoms. The van der Waals surface area contributed by atoms with Crippen molar-refractivity contribution in [3.63, 3.8) is 0 Å². The van der Waals surface area contributed by atoms with E-state index in [4.69, 9.17) is 21.1 Å². The number of rotatable bonds is 7. The van der Waals surface area contributed by atoms with Gasteiger partial charge in [-0.05, 0) is 42.8 Å². The van der Waals surface area contributed by atoms with Gasteiger partial charge in [0.25, 0.3) is 0 Å². The van der Waals surface area contributed by atoms with Gasteiger partial charge in [-0.15, -0.1) is 0 Å². The molecule has 0 aliphatic heterocycles. The highest BCUT2D eigenvalue weighted by molar-refractivity contribution is 6.30. The van der Waals surface area contributed by atoms with E-state index >= 15 is 0 Å². The number of halogens is 2. The fourth-order valence-corrected chi connectivity index (χ4v) is 3.09. The molecule has 1 atom stereocenters. The number of pyridine rings is 2. The van der Waals surface area contributed by atoms with Gasteiger partial charge < -0.3 is 14.8 Å². The highest BCUT2D eigenvalue weighted by Gasteiger charge is 2.17. The van der Waals surface area contributed by atoms with Crippen LogP contribution in [0, 0.1) is 5.82 Å². The summed E-state index contributed by atoms with van der Waals surface area (Å²) in [4.78, 5) is 20.5. The summed E-state index contributed by atoms with van der Waals surface area (Å²) in [5.74, 6) is -0.956. The van der Waals surface area contributed by atoms with Crippen molar-refractivity contribution >= 4 is 28.9 Å². The normalized spacial score (nSPS) is 11.8. The number of benzene rings is 1. The summed E-state index contributed by atoms with van der Waals surface area (Å²) in [5.41, 5.74) is 2.95. The van der Waals surface area contributed by atoms with Crippen molar-refractivity contribution in [2.24, 2.45) is 0 Å². The molecule has 0 saturated heterocycles. The average molecular weight is 430 g/mol. The summed E-state index contributed by atoms with van der Waals surface area (Å²) in [6.45, 7) is 1.93. The first-order valence-corrected chi connectivity index (χ1v) is 9.57. The fraction of sp³-hybridized carbons (Fsp3) is 0.227. The number of methoxy groups -OCH3 is 2.